The van der Waals surface area contributed by atoms with E-state index in [9.17, 15) is 10.2 Å². The maximum atomic E-state index is 9.72. The van der Waals surface area contributed by atoms with Crippen LogP contribution in [0.3, 0.4) is 0 Å². The maximum Gasteiger partial charge on any atom is 0.184 e. The molecule has 102 valence electrons. The number of hydrogen-bond donors (Lipinski definition) is 3. The molecule has 3 N–H and O–H groups in total. The zero-order valence-electron chi connectivity index (χ0n) is 10.7. The van der Waals surface area contributed by atoms with E-state index >= 15 is 0 Å². The second kappa shape index (κ2) is 6.66. The topological polar surface area (TPSA) is 79.2 Å². The minimum absolute atomic E-state index is 0.0910. The molecule has 0 aliphatic carbocycles. The van der Waals surface area contributed by atoms with Gasteiger partial charge in [0.05, 0.1) is 24.4 Å². The van der Waals surface area contributed by atoms with Crippen LogP contribution in [0, 0.1) is 0 Å². The van der Waals surface area contributed by atoms with Gasteiger partial charge >= 0.3 is 0 Å². The summed E-state index contributed by atoms with van der Waals surface area (Å²) >= 11 is 0. The highest BCUT2D eigenvalue weighted by molar-refractivity contribution is 4.78. The van der Waals surface area contributed by atoms with Gasteiger partial charge in [0.2, 0.25) is 0 Å². The molecule has 1 fully saturated rings. The standard InChI is InChI=1S/C12H24O5/c1-7(13)4-5-8(2)16-12-11(15)6-10(14)9(3)17-12/h7-15H,4-6H2,1-3H3/t7-,8-,9?,10-,11+,12-/m1/s1. The van der Waals surface area contributed by atoms with Crippen molar-refractivity contribution >= 4 is 0 Å². The smallest absolute Gasteiger partial charge is 0.184 e. The first kappa shape index (κ1) is 14.9. The molecule has 1 unspecified atom stereocenters. The summed E-state index contributed by atoms with van der Waals surface area (Å²) in [7, 11) is 0. The number of aliphatic hydroxyl groups is 3. The number of hydrogen-bond acceptors (Lipinski definition) is 5. The van der Waals surface area contributed by atoms with Crippen LogP contribution in [-0.2, 0) is 9.47 Å². The van der Waals surface area contributed by atoms with Crippen molar-refractivity contribution in [2.75, 3.05) is 0 Å². The third-order valence-corrected chi connectivity index (χ3v) is 3.05. The molecule has 0 spiro atoms. The second-order valence-corrected chi connectivity index (χ2v) is 4.95. The van der Waals surface area contributed by atoms with E-state index in [1.54, 1.807) is 13.8 Å². The minimum Gasteiger partial charge on any atom is -0.393 e. The fourth-order valence-electron chi connectivity index (χ4n) is 1.84. The summed E-state index contributed by atoms with van der Waals surface area (Å²) in [6.07, 6.45) is -1.25. The molecule has 1 rings (SSSR count). The summed E-state index contributed by atoms with van der Waals surface area (Å²) in [6, 6.07) is 0. The van der Waals surface area contributed by atoms with Gasteiger partial charge < -0.3 is 24.8 Å². The highest BCUT2D eigenvalue weighted by Gasteiger charge is 2.35. The Hall–Kier alpha value is -0.200. The SMILES string of the molecule is CC1O[C@@H](O[C@H](C)CC[C@@H](C)O)[C@@H](O)C[C@H]1O. The summed E-state index contributed by atoms with van der Waals surface area (Å²) in [5.41, 5.74) is 0. The van der Waals surface area contributed by atoms with E-state index in [-0.39, 0.29) is 24.7 Å². The lowest BCUT2D eigenvalue weighted by Gasteiger charge is -2.36. The largest absolute Gasteiger partial charge is 0.393 e. The van der Waals surface area contributed by atoms with Crippen molar-refractivity contribution in [3.05, 3.63) is 0 Å². The molecule has 1 aliphatic rings. The third kappa shape index (κ3) is 4.89. The minimum atomic E-state index is -0.796. The van der Waals surface area contributed by atoms with Crippen LogP contribution >= 0.6 is 0 Å². The van der Waals surface area contributed by atoms with E-state index in [0.29, 0.717) is 12.8 Å². The normalized spacial score (nSPS) is 37.8. The van der Waals surface area contributed by atoms with Gasteiger partial charge in [-0.05, 0) is 33.6 Å². The van der Waals surface area contributed by atoms with Gasteiger partial charge in [-0.1, -0.05) is 0 Å². The molecule has 1 aliphatic heterocycles. The van der Waals surface area contributed by atoms with Crippen LogP contribution in [0.2, 0.25) is 0 Å². The van der Waals surface area contributed by atoms with Gasteiger partial charge in [-0.15, -0.1) is 0 Å². The maximum absolute atomic E-state index is 9.72. The van der Waals surface area contributed by atoms with E-state index in [2.05, 4.69) is 0 Å². The van der Waals surface area contributed by atoms with Crippen LogP contribution in [0.15, 0.2) is 0 Å². The first-order valence-electron chi connectivity index (χ1n) is 6.25. The fourth-order valence-corrected chi connectivity index (χ4v) is 1.84. The zero-order valence-corrected chi connectivity index (χ0v) is 10.7. The van der Waals surface area contributed by atoms with Gasteiger partial charge in [0.25, 0.3) is 0 Å². The predicted octanol–water partition coefficient (Wildman–Crippen LogP) is 0.409. The van der Waals surface area contributed by atoms with Crippen LogP contribution < -0.4 is 0 Å². The lowest BCUT2D eigenvalue weighted by molar-refractivity contribution is -0.273. The Balaban J connectivity index is 2.34. The van der Waals surface area contributed by atoms with Crippen molar-refractivity contribution in [2.24, 2.45) is 0 Å². The number of rotatable bonds is 5. The van der Waals surface area contributed by atoms with Crippen LogP contribution in [0.5, 0.6) is 0 Å². The molecule has 0 aromatic carbocycles. The predicted molar refractivity (Wildman–Crippen MR) is 62.4 cm³/mol. The van der Waals surface area contributed by atoms with Gasteiger partial charge in [-0.3, -0.25) is 0 Å². The van der Waals surface area contributed by atoms with Crippen molar-refractivity contribution < 1.29 is 24.8 Å². The van der Waals surface area contributed by atoms with Gasteiger partial charge in [0, 0.05) is 6.42 Å². The highest BCUT2D eigenvalue weighted by Crippen LogP contribution is 2.22. The average molecular weight is 248 g/mol. The van der Waals surface area contributed by atoms with Crippen LogP contribution in [0.1, 0.15) is 40.0 Å². The summed E-state index contributed by atoms with van der Waals surface area (Å²) in [6.45, 7) is 5.37. The molecule has 5 heteroatoms. The molecule has 0 saturated carbocycles. The van der Waals surface area contributed by atoms with E-state index in [1.165, 1.54) is 0 Å². The number of aliphatic hydroxyl groups excluding tert-OH is 3. The Kier molecular flexibility index (Phi) is 5.82. The second-order valence-electron chi connectivity index (χ2n) is 4.95. The van der Waals surface area contributed by atoms with Crippen molar-refractivity contribution in [1.29, 1.82) is 0 Å². The Morgan fingerprint density at radius 3 is 2.47 bits per heavy atom. The van der Waals surface area contributed by atoms with Crippen LogP contribution in [0.4, 0.5) is 0 Å². The zero-order chi connectivity index (χ0) is 13.0. The number of ether oxygens (including phenoxy) is 2. The lowest BCUT2D eigenvalue weighted by atomic mass is 10.0. The van der Waals surface area contributed by atoms with Crippen molar-refractivity contribution in [3.63, 3.8) is 0 Å². The van der Waals surface area contributed by atoms with Crippen molar-refractivity contribution in [2.45, 2.75) is 76.8 Å². The Morgan fingerprint density at radius 1 is 1.24 bits per heavy atom. The van der Waals surface area contributed by atoms with Crippen LogP contribution in [0.25, 0.3) is 0 Å². The third-order valence-electron chi connectivity index (χ3n) is 3.05. The summed E-state index contributed by atoms with van der Waals surface area (Å²) in [4.78, 5) is 0. The molecule has 0 aromatic heterocycles. The Bertz CT molecular complexity index is 221. The molecular formula is C12H24O5. The molecule has 17 heavy (non-hydrogen) atoms. The monoisotopic (exact) mass is 248 g/mol. The first-order chi connectivity index (χ1) is 7.90. The average Bonchev–Trinajstić information content (AvgIpc) is 2.23. The molecular weight excluding hydrogens is 224 g/mol. The molecule has 0 bridgehead atoms. The summed E-state index contributed by atoms with van der Waals surface area (Å²) in [5, 5.41) is 28.4. The Labute approximate surface area is 102 Å². The molecule has 1 heterocycles. The molecule has 1 saturated heterocycles. The van der Waals surface area contributed by atoms with Gasteiger partial charge in [-0.25, -0.2) is 0 Å². The highest BCUT2D eigenvalue weighted by atomic mass is 16.7. The van der Waals surface area contributed by atoms with E-state index in [0.717, 1.165) is 0 Å². The fraction of sp³-hybridized carbons (Fsp3) is 1.00. The van der Waals surface area contributed by atoms with Crippen LogP contribution in [-0.4, -0.2) is 52.1 Å². The molecule has 0 radical (unpaired) electrons. The van der Waals surface area contributed by atoms with Gasteiger partial charge in [-0.2, -0.15) is 0 Å². The van der Waals surface area contributed by atoms with Gasteiger partial charge in [0.15, 0.2) is 6.29 Å². The first-order valence-corrected chi connectivity index (χ1v) is 6.25. The molecule has 5 nitrogen and oxygen atoms in total. The quantitative estimate of drug-likeness (QED) is 0.656. The van der Waals surface area contributed by atoms with E-state index < -0.39 is 18.5 Å². The van der Waals surface area contributed by atoms with Crippen molar-refractivity contribution in [3.8, 4) is 0 Å². The molecule has 6 atom stereocenters. The van der Waals surface area contributed by atoms with E-state index in [1.807, 2.05) is 6.92 Å². The summed E-state index contributed by atoms with van der Waals surface area (Å²) in [5.74, 6) is 0. The Morgan fingerprint density at radius 2 is 1.88 bits per heavy atom. The van der Waals surface area contributed by atoms with Crippen molar-refractivity contribution in [1.82, 2.24) is 0 Å². The lowest BCUT2D eigenvalue weighted by Crippen LogP contribution is -2.48. The summed E-state index contributed by atoms with van der Waals surface area (Å²) < 4.78 is 11.0. The van der Waals surface area contributed by atoms with E-state index in [4.69, 9.17) is 14.6 Å². The van der Waals surface area contributed by atoms with Gasteiger partial charge in [0.1, 0.15) is 6.10 Å². The molecule has 0 amide bonds. The molecule has 0 aromatic rings.